The van der Waals surface area contributed by atoms with Crippen molar-refractivity contribution in [1.29, 1.82) is 0 Å². The molecule has 0 fully saturated rings. The molecule has 1 atom stereocenters. The maximum Gasteiger partial charge on any atom is 0.416 e. The Bertz CT molecular complexity index is 543. The fourth-order valence-corrected chi connectivity index (χ4v) is 1.57. The third kappa shape index (κ3) is 3.95. The number of alkyl halides is 3. The number of benzene rings is 1. The van der Waals surface area contributed by atoms with E-state index in [4.69, 9.17) is 4.74 Å². The molecule has 1 aromatic heterocycles. The molecule has 0 saturated heterocycles. The summed E-state index contributed by atoms with van der Waals surface area (Å²) in [4.78, 5) is 0. The zero-order valence-corrected chi connectivity index (χ0v) is 10.3. The molecule has 0 aliphatic heterocycles. The van der Waals surface area contributed by atoms with Crippen LogP contribution in [0.15, 0.2) is 36.9 Å². The summed E-state index contributed by atoms with van der Waals surface area (Å²) in [6.45, 7) is 0.0749. The smallest absolute Gasteiger partial charge is 0.416 e. The first-order chi connectivity index (χ1) is 9.45. The number of nitrogens with zero attached hydrogens (tertiary/aromatic N) is 3. The highest BCUT2D eigenvalue weighted by Gasteiger charge is 2.30. The van der Waals surface area contributed by atoms with Gasteiger partial charge in [0.15, 0.2) is 0 Å². The predicted octanol–water partition coefficient (Wildman–Crippen LogP) is 1.74. The molecule has 1 N–H and O–H groups in total. The zero-order valence-electron chi connectivity index (χ0n) is 10.3. The van der Waals surface area contributed by atoms with Gasteiger partial charge < -0.3 is 14.4 Å². The standard InChI is InChI=1S/C12H12F3N3O2/c13-12(14,15)9-2-1-3-11(4-9)20-6-10(19)5-18-7-16-17-8-18/h1-4,7-8,10,19H,5-6H2/t10-/m1/s1. The molecule has 1 heterocycles. The van der Waals surface area contributed by atoms with E-state index < -0.39 is 17.8 Å². The summed E-state index contributed by atoms with van der Waals surface area (Å²) in [7, 11) is 0. The highest BCUT2D eigenvalue weighted by atomic mass is 19.4. The lowest BCUT2D eigenvalue weighted by Gasteiger charge is -2.13. The Labute approximate surface area is 112 Å². The van der Waals surface area contributed by atoms with Crippen molar-refractivity contribution in [3.63, 3.8) is 0 Å². The summed E-state index contributed by atoms with van der Waals surface area (Å²) >= 11 is 0. The maximum atomic E-state index is 12.5. The van der Waals surface area contributed by atoms with Crippen LogP contribution < -0.4 is 4.74 Å². The van der Waals surface area contributed by atoms with Gasteiger partial charge in [0, 0.05) is 0 Å². The molecule has 0 radical (unpaired) electrons. The van der Waals surface area contributed by atoms with Gasteiger partial charge in [-0.2, -0.15) is 13.2 Å². The second-order valence-electron chi connectivity index (χ2n) is 4.15. The Hall–Kier alpha value is -2.09. The van der Waals surface area contributed by atoms with Crippen LogP contribution in [0.2, 0.25) is 0 Å². The third-order valence-electron chi connectivity index (χ3n) is 2.49. The number of halogens is 3. The monoisotopic (exact) mass is 287 g/mol. The van der Waals surface area contributed by atoms with Crippen molar-refractivity contribution in [2.75, 3.05) is 6.61 Å². The number of aromatic nitrogens is 3. The van der Waals surface area contributed by atoms with Crippen molar-refractivity contribution < 1.29 is 23.0 Å². The van der Waals surface area contributed by atoms with E-state index in [-0.39, 0.29) is 18.9 Å². The summed E-state index contributed by atoms with van der Waals surface area (Å²) in [5, 5.41) is 16.8. The van der Waals surface area contributed by atoms with Crippen LogP contribution in [0.1, 0.15) is 5.56 Å². The second kappa shape index (κ2) is 5.91. The average Bonchev–Trinajstić information content (AvgIpc) is 2.88. The summed E-state index contributed by atoms with van der Waals surface area (Å²) in [6.07, 6.45) is -2.44. The van der Waals surface area contributed by atoms with Crippen LogP contribution in [-0.4, -0.2) is 32.6 Å². The minimum Gasteiger partial charge on any atom is -0.491 e. The van der Waals surface area contributed by atoms with Gasteiger partial charge in [-0.1, -0.05) is 6.07 Å². The molecule has 1 aromatic carbocycles. The number of rotatable bonds is 5. The van der Waals surface area contributed by atoms with Gasteiger partial charge in [0.1, 0.15) is 31.1 Å². The van der Waals surface area contributed by atoms with Crippen LogP contribution in [0.5, 0.6) is 5.75 Å². The van der Waals surface area contributed by atoms with E-state index in [0.29, 0.717) is 0 Å². The van der Waals surface area contributed by atoms with Crippen LogP contribution in [-0.2, 0) is 12.7 Å². The molecule has 2 aromatic rings. The Morgan fingerprint density at radius 2 is 1.95 bits per heavy atom. The van der Waals surface area contributed by atoms with Crippen LogP contribution >= 0.6 is 0 Å². The second-order valence-corrected chi connectivity index (χ2v) is 4.15. The molecule has 2 rings (SSSR count). The minimum absolute atomic E-state index is 0.0580. The van der Waals surface area contributed by atoms with Gasteiger partial charge in [-0.3, -0.25) is 0 Å². The van der Waals surface area contributed by atoms with Gasteiger partial charge >= 0.3 is 6.18 Å². The van der Waals surface area contributed by atoms with Gasteiger partial charge in [-0.15, -0.1) is 10.2 Å². The van der Waals surface area contributed by atoms with Crippen molar-refractivity contribution in [1.82, 2.24) is 14.8 Å². The van der Waals surface area contributed by atoms with Crippen LogP contribution in [0, 0.1) is 0 Å². The summed E-state index contributed by atoms with van der Waals surface area (Å²) in [5.41, 5.74) is -0.789. The summed E-state index contributed by atoms with van der Waals surface area (Å²) in [6, 6.07) is 4.51. The Morgan fingerprint density at radius 3 is 2.60 bits per heavy atom. The largest absolute Gasteiger partial charge is 0.491 e. The number of hydrogen-bond donors (Lipinski definition) is 1. The van der Waals surface area contributed by atoms with E-state index in [1.54, 1.807) is 4.57 Å². The first kappa shape index (κ1) is 14.3. The van der Waals surface area contributed by atoms with Crippen molar-refractivity contribution >= 4 is 0 Å². The molecule has 108 valence electrons. The van der Waals surface area contributed by atoms with Gasteiger partial charge in [0.25, 0.3) is 0 Å². The molecule has 0 aliphatic rings. The molecule has 5 nitrogen and oxygen atoms in total. The summed E-state index contributed by atoms with van der Waals surface area (Å²) < 4.78 is 44.2. The number of aliphatic hydroxyl groups is 1. The van der Waals surface area contributed by atoms with E-state index in [1.165, 1.54) is 24.8 Å². The molecule has 0 bridgehead atoms. The highest BCUT2D eigenvalue weighted by Crippen LogP contribution is 2.31. The maximum absolute atomic E-state index is 12.5. The number of hydrogen-bond acceptors (Lipinski definition) is 4. The number of aliphatic hydroxyl groups excluding tert-OH is 1. The quantitative estimate of drug-likeness (QED) is 0.910. The minimum atomic E-state index is -4.42. The van der Waals surface area contributed by atoms with Gasteiger partial charge in [0.2, 0.25) is 0 Å². The van der Waals surface area contributed by atoms with Crippen molar-refractivity contribution in [2.24, 2.45) is 0 Å². The molecule has 0 unspecified atom stereocenters. The lowest BCUT2D eigenvalue weighted by Crippen LogP contribution is -2.23. The normalized spacial score (nSPS) is 13.2. The molecule has 0 saturated carbocycles. The summed E-state index contributed by atoms with van der Waals surface area (Å²) in [5.74, 6) is 0.0580. The lowest BCUT2D eigenvalue weighted by molar-refractivity contribution is -0.137. The van der Waals surface area contributed by atoms with Gasteiger partial charge in [-0.05, 0) is 18.2 Å². The first-order valence-electron chi connectivity index (χ1n) is 5.75. The van der Waals surface area contributed by atoms with Crippen molar-refractivity contribution in [3.05, 3.63) is 42.5 Å². The molecular weight excluding hydrogens is 275 g/mol. The van der Waals surface area contributed by atoms with Crippen molar-refractivity contribution in [2.45, 2.75) is 18.8 Å². The van der Waals surface area contributed by atoms with Gasteiger partial charge in [0.05, 0.1) is 12.1 Å². The third-order valence-corrected chi connectivity index (χ3v) is 2.49. The van der Waals surface area contributed by atoms with Crippen LogP contribution in [0.25, 0.3) is 0 Å². The predicted molar refractivity (Wildman–Crippen MR) is 63.0 cm³/mol. The van der Waals surface area contributed by atoms with Crippen molar-refractivity contribution in [3.8, 4) is 5.75 Å². The Kier molecular flexibility index (Phi) is 4.23. The van der Waals surface area contributed by atoms with E-state index in [2.05, 4.69) is 10.2 Å². The van der Waals surface area contributed by atoms with E-state index in [1.807, 2.05) is 0 Å². The molecule has 8 heteroatoms. The molecule has 0 spiro atoms. The molecular formula is C12H12F3N3O2. The Morgan fingerprint density at radius 1 is 1.25 bits per heavy atom. The van der Waals surface area contributed by atoms with Crippen LogP contribution in [0.4, 0.5) is 13.2 Å². The Balaban J connectivity index is 1.90. The zero-order chi connectivity index (χ0) is 14.6. The molecule has 20 heavy (non-hydrogen) atoms. The number of ether oxygens (including phenoxy) is 1. The molecule has 0 aliphatic carbocycles. The highest BCUT2D eigenvalue weighted by molar-refractivity contribution is 5.30. The first-order valence-corrected chi connectivity index (χ1v) is 5.75. The SMILES string of the molecule is O[C@@H](COc1cccc(C(F)(F)F)c1)Cn1cnnc1. The van der Waals surface area contributed by atoms with Crippen LogP contribution in [0.3, 0.4) is 0 Å². The van der Waals surface area contributed by atoms with E-state index >= 15 is 0 Å². The van der Waals surface area contributed by atoms with Gasteiger partial charge in [-0.25, -0.2) is 0 Å². The fourth-order valence-electron chi connectivity index (χ4n) is 1.57. The van der Waals surface area contributed by atoms with E-state index in [9.17, 15) is 18.3 Å². The van der Waals surface area contributed by atoms with E-state index in [0.717, 1.165) is 12.1 Å². The lowest BCUT2D eigenvalue weighted by atomic mass is 10.2. The topological polar surface area (TPSA) is 60.2 Å². The fraction of sp³-hybridized carbons (Fsp3) is 0.333. The average molecular weight is 287 g/mol. The molecule has 0 amide bonds.